The summed E-state index contributed by atoms with van der Waals surface area (Å²) in [6.45, 7) is 2.27. The van der Waals surface area contributed by atoms with Crippen molar-refractivity contribution in [1.82, 2.24) is 0 Å². The van der Waals surface area contributed by atoms with Crippen molar-refractivity contribution in [2.24, 2.45) is 11.1 Å². The topological polar surface area (TPSA) is 145 Å². The van der Waals surface area contributed by atoms with Crippen LogP contribution in [-0.4, -0.2) is 21.9 Å². The van der Waals surface area contributed by atoms with E-state index in [9.17, 15) is 14.9 Å². The van der Waals surface area contributed by atoms with Crippen LogP contribution in [0.25, 0.3) is 0 Å². The first-order valence-electron chi connectivity index (χ1n) is 2.87. The molecule has 0 saturated heterocycles. The first-order chi connectivity index (χ1) is 5.77. The molecule has 9 nitrogen and oxygen atoms in total. The molecule has 0 aromatic heterocycles. The van der Waals surface area contributed by atoms with Crippen LogP contribution in [0, 0.1) is 15.0 Å². The van der Waals surface area contributed by atoms with E-state index in [1.807, 2.05) is 0 Å². The lowest BCUT2D eigenvalue weighted by molar-refractivity contribution is -0.609. The van der Waals surface area contributed by atoms with E-state index in [-0.39, 0.29) is 0 Å². The second-order valence-electron chi connectivity index (χ2n) is 2.21. The van der Waals surface area contributed by atoms with Gasteiger partial charge in [-0.25, -0.2) is 4.79 Å². The van der Waals surface area contributed by atoms with Gasteiger partial charge in [0.15, 0.2) is 5.34 Å². The Balaban J connectivity index is 0. The van der Waals surface area contributed by atoms with E-state index in [1.165, 1.54) is 5.34 Å². The monoisotopic (exact) mass is 195 g/mol. The normalized spacial score (nSPS) is 9.08. The Bertz CT molecular complexity index is 202. The van der Waals surface area contributed by atoms with Gasteiger partial charge in [0.25, 0.3) is 0 Å². The number of nitro groups is 1. The highest BCUT2D eigenvalue weighted by Gasteiger charge is 2.34. The Morgan fingerprint density at radius 1 is 1.69 bits per heavy atom. The van der Waals surface area contributed by atoms with Crippen molar-refractivity contribution in [2.75, 3.05) is 0 Å². The molecule has 0 aromatic rings. The zero-order valence-electron chi connectivity index (χ0n) is 6.96. The molecule has 9 heteroatoms. The molecule has 76 valence electrons. The third-order valence-corrected chi connectivity index (χ3v) is 0.790. The summed E-state index contributed by atoms with van der Waals surface area (Å²) < 4.78 is 4.14. The van der Waals surface area contributed by atoms with Crippen LogP contribution >= 0.6 is 0 Å². The Morgan fingerprint density at radius 2 is 2.00 bits per heavy atom. The minimum absolute atomic E-state index is 0.738. The summed E-state index contributed by atoms with van der Waals surface area (Å²) in [7, 11) is 0. The van der Waals surface area contributed by atoms with Gasteiger partial charge in [0.1, 0.15) is 0 Å². The highest BCUT2D eigenvalue weighted by atomic mass is 16.7. The molecule has 0 spiro atoms. The highest BCUT2D eigenvalue weighted by Crippen LogP contribution is 2.08. The molecule has 13 heavy (non-hydrogen) atoms. The summed E-state index contributed by atoms with van der Waals surface area (Å²) in [5.74, 6) is 0. The molecule has 0 unspecified atom stereocenters. The summed E-state index contributed by atoms with van der Waals surface area (Å²) in [6.07, 6.45) is -1.15. The molecule has 0 aromatic carbocycles. The zero-order chi connectivity index (χ0) is 11.1. The molecule has 0 radical (unpaired) electrons. The molecule has 0 atom stereocenters. The molecule has 0 fully saturated rings. The fraction of sp³-hybridized carbons (Fsp3) is 0.750. The van der Waals surface area contributed by atoms with Gasteiger partial charge in [-0.1, -0.05) is 0 Å². The third-order valence-electron chi connectivity index (χ3n) is 0.790. The van der Waals surface area contributed by atoms with Crippen LogP contribution in [0.3, 0.4) is 0 Å². The van der Waals surface area contributed by atoms with Crippen LogP contribution in [0.2, 0.25) is 0 Å². The number of primary amides is 1. The third kappa shape index (κ3) is 7.97. The van der Waals surface area contributed by atoms with Crippen LogP contribution < -0.4 is 5.73 Å². The van der Waals surface area contributed by atoms with Gasteiger partial charge in [-0.05, 0) is 0 Å². The molecule has 0 heterocycles. The fourth-order valence-corrected chi connectivity index (χ4v) is 0.283. The van der Waals surface area contributed by atoms with E-state index in [0.717, 1.165) is 13.8 Å². The van der Waals surface area contributed by atoms with Gasteiger partial charge < -0.3 is 15.7 Å². The van der Waals surface area contributed by atoms with E-state index in [4.69, 9.17) is 10.1 Å². The first-order valence-corrected chi connectivity index (χ1v) is 2.87. The van der Waals surface area contributed by atoms with Gasteiger partial charge in [-0.3, -0.25) is 10.1 Å². The van der Waals surface area contributed by atoms with Crippen molar-refractivity contribution < 1.29 is 19.7 Å². The number of amides is 1. The number of hydrogen-bond donors (Lipinski definition) is 2. The van der Waals surface area contributed by atoms with Gasteiger partial charge in [0, 0.05) is 13.8 Å². The smallest absolute Gasteiger partial charge is 0.380 e. The van der Waals surface area contributed by atoms with Crippen LogP contribution in [0.4, 0.5) is 4.79 Å². The Hall–Kier alpha value is -1.93. The summed E-state index contributed by atoms with van der Waals surface area (Å²) >= 11 is 0. The Kier molecular flexibility index (Phi) is 5.97. The lowest BCUT2D eigenvalue weighted by Gasteiger charge is -2.13. The minimum atomic E-state index is -1.73. The molecule has 0 saturated carbocycles. The van der Waals surface area contributed by atoms with Crippen molar-refractivity contribution in [3.63, 3.8) is 0 Å². The van der Waals surface area contributed by atoms with E-state index in [0.29, 0.717) is 0 Å². The van der Waals surface area contributed by atoms with Gasteiger partial charge in [-0.2, -0.15) is 0 Å². The average molecular weight is 195 g/mol. The maximum Gasteiger partial charge on any atom is 0.409 e. The SMILES string of the molecule is CC(C)(OC(N)=O)[N+](=O)[O-].O=NO. The van der Waals surface area contributed by atoms with E-state index >= 15 is 0 Å². The molecular formula is C4H9N3O6. The molecule has 0 aliphatic heterocycles. The van der Waals surface area contributed by atoms with Gasteiger partial charge >= 0.3 is 11.8 Å². The Labute approximate surface area is 72.6 Å². The number of nitrogens with zero attached hydrogens (tertiary/aromatic N) is 2. The summed E-state index contributed by atoms with van der Waals surface area (Å²) in [5, 5.41) is 17.9. The predicted molar refractivity (Wildman–Crippen MR) is 39.3 cm³/mol. The molecule has 1 amide bonds. The second kappa shape index (κ2) is 5.69. The number of nitrogens with two attached hydrogens (primary N) is 1. The minimum Gasteiger partial charge on any atom is -0.380 e. The maximum absolute atomic E-state index is 10.0. The van der Waals surface area contributed by atoms with Crippen LogP contribution in [-0.2, 0) is 4.74 Å². The standard InChI is InChI=1S/C4H8N2O4.HNO2/c1-4(2,6(8)9)10-3(5)7;2-1-3/h1-2H3,(H2,5,7);(H,2,3). The van der Waals surface area contributed by atoms with E-state index < -0.39 is 16.7 Å². The molecule has 0 rings (SSSR count). The Morgan fingerprint density at radius 3 is 2.08 bits per heavy atom. The van der Waals surface area contributed by atoms with Gasteiger partial charge in [0.05, 0.1) is 4.92 Å². The second-order valence-corrected chi connectivity index (χ2v) is 2.21. The number of ether oxygens (including phenoxy) is 1. The van der Waals surface area contributed by atoms with Gasteiger partial charge in [-0.15, -0.1) is 4.91 Å². The van der Waals surface area contributed by atoms with Crippen molar-refractivity contribution >= 4 is 6.09 Å². The summed E-state index contributed by atoms with van der Waals surface area (Å²) in [4.78, 5) is 27.4. The lowest BCUT2D eigenvalue weighted by atomic mass is 10.3. The fourth-order valence-electron chi connectivity index (χ4n) is 0.283. The number of carbonyl (C=O) groups is 1. The quantitative estimate of drug-likeness (QED) is 0.279. The first kappa shape index (κ1) is 13.6. The average Bonchev–Trinajstić information content (AvgIpc) is 1.85. The largest absolute Gasteiger partial charge is 0.409 e. The zero-order valence-corrected chi connectivity index (χ0v) is 6.96. The lowest BCUT2D eigenvalue weighted by Crippen LogP contribution is -2.38. The van der Waals surface area contributed by atoms with Crippen molar-refractivity contribution in [2.45, 2.75) is 19.6 Å². The number of carbonyl (C=O) groups excluding carboxylic acids is 1. The molecule has 0 aliphatic carbocycles. The highest BCUT2D eigenvalue weighted by molar-refractivity contribution is 5.64. The molecule has 3 N–H and O–H groups in total. The van der Waals surface area contributed by atoms with Gasteiger partial charge in [0.2, 0.25) is 0 Å². The van der Waals surface area contributed by atoms with E-state index in [2.05, 4.69) is 10.5 Å². The van der Waals surface area contributed by atoms with Crippen molar-refractivity contribution in [1.29, 1.82) is 0 Å². The van der Waals surface area contributed by atoms with Crippen LogP contribution in [0.5, 0.6) is 0 Å². The molecular weight excluding hydrogens is 186 g/mol. The molecule has 0 aliphatic rings. The summed E-state index contributed by atoms with van der Waals surface area (Å²) in [6, 6.07) is 0. The maximum atomic E-state index is 10.0. The van der Waals surface area contributed by atoms with Crippen LogP contribution in [0.15, 0.2) is 5.34 Å². The van der Waals surface area contributed by atoms with Crippen molar-refractivity contribution in [3.05, 3.63) is 15.0 Å². The van der Waals surface area contributed by atoms with E-state index in [1.54, 1.807) is 0 Å². The predicted octanol–water partition coefficient (Wildman–Crippen LogP) is 0.237. The molecule has 0 bridgehead atoms. The number of rotatable bonds is 2. The number of hydrogen-bond acceptors (Lipinski definition) is 6. The van der Waals surface area contributed by atoms with Crippen LogP contribution in [0.1, 0.15) is 13.8 Å². The summed E-state index contributed by atoms with van der Waals surface area (Å²) in [5.41, 5.74) is 2.82. The van der Waals surface area contributed by atoms with Crippen molar-refractivity contribution in [3.8, 4) is 0 Å².